The summed E-state index contributed by atoms with van der Waals surface area (Å²) in [5.41, 5.74) is 0.567. The number of nitrogens with zero attached hydrogens (tertiary/aromatic N) is 3. The number of sulfonamides is 1. The van der Waals surface area contributed by atoms with Gasteiger partial charge in [0.1, 0.15) is 5.82 Å². The first kappa shape index (κ1) is 24.2. The molecule has 4 rings (SSSR count). The molecule has 0 radical (unpaired) electrons. The van der Waals surface area contributed by atoms with Gasteiger partial charge in [0.15, 0.2) is 0 Å². The number of rotatable bonds is 8. The van der Waals surface area contributed by atoms with E-state index in [1.165, 1.54) is 37.4 Å². The molecule has 180 valence electrons. The van der Waals surface area contributed by atoms with E-state index >= 15 is 0 Å². The van der Waals surface area contributed by atoms with Crippen molar-refractivity contribution in [3.05, 3.63) is 30.1 Å². The summed E-state index contributed by atoms with van der Waals surface area (Å²) in [7, 11) is -3.53. The van der Waals surface area contributed by atoms with Gasteiger partial charge < -0.3 is 5.32 Å². The highest BCUT2D eigenvalue weighted by Gasteiger charge is 2.31. The molecule has 2 N–H and O–H groups in total. The number of H-pyrrole nitrogens is 1. The number of benzene rings is 1. The molecule has 2 atom stereocenters. The van der Waals surface area contributed by atoms with E-state index in [2.05, 4.69) is 34.3 Å². The number of piperidine rings is 1. The molecule has 1 aliphatic heterocycles. The predicted octanol–water partition coefficient (Wildman–Crippen LogP) is 3.93. The molecule has 1 aliphatic carbocycles. The van der Waals surface area contributed by atoms with Crippen molar-refractivity contribution < 1.29 is 13.2 Å². The van der Waals surface area contributed by atoms with Crippen LogP contribution < -0.4 is 5.32 Å². The molecule has 0 spiro atoms. The first-order valence-electron chi connectivity index (χ1n) is 11.7. The zero-order chi connectivity index (χ0) is 23.4. The summed E-state index contributed by atoms with van der Waals surface area (Å²) in [4.78, 5) is 17.1. The van der Waals surface area contributed by atoms with Gasteiger partial charge in [-0.05, 0) is 48.4 Å². The fourth-order valence-electron chi connectivity index (χ4n) is 4.91. The molecule has 1 amide bonds. The Morgan fingerprint density at radius 1 is 1.15 bits per heavy atom. The van der Waals surface area contributed by atoms with Crippen molar-refractivity contribution in [1.29, 1.82) is 0 Å². The fraction of sp³-hybridized carbons (Fsp3) is 0.609. The van der Waals surface area contributed by atoms with Crippen LogP contribution in [0.25, 0.3) is 0 Å². The van der Waals surface area contributed by atoms with Crippen LogP contribution in [0.3, 0.4) is 0 Å². The molecular weight excluding hydrogens is 458 g/mol. The van der Waals surface area contributed by atoms with Gasteiger partial charge in [-0.2, -0.15) is 4.31 Å². The number of carbonyl (C=O) groups is 1. The van der Waals surface area contributed by atoms with E-state index in [0.29, 0.717) is 41.7 Å². The van der Waals surface area contributed by atoms with Crippen LogP contribution in [-0.4, -0.2) is 52.7 Å². The molecule has 0 bridgehead atoms. The molecule has 1 saturated heterocycles. The number of hydrogen-bond acceptors (Lipinski definition) is 6. The largest absolute Gasteiger partial charge is 0.325 e. The maximum Gasteiger partial charge on any atom is 0.243 e. The molecule has 33 heavy (non-hydrogen) atoms. The lowest BCUT2D eigenvalue weighted by molar-refractivity contribution is -0.113. The maximum absolute atomic E-state index is 13.0. The SMILES string of the molecule is CC1CC(C)CN(S(=O)(=O)c2ccc(NC(=O)CSc3n[nH]c(CC4CCCC4)n3)cc2)C1. The Labute approximate surface area is 200 Å². The Morgan fingerprint density at radius 3 is 2.48 bits per heavy atom. The van der Waals surface area contributed by atoms with E-state index in [-0.39, 0.29) is 16.6 Å². The first-order valence-corrected chi connectivity index (χ1v) is 14.2. The fourth-order valence-corrected chi connectivity index (χ4v) is 7.21. The standard InChI is InChI=1S/C23H33N5O3S2/c1-16-11-17(2)14-28(13-16)33(30,31)20-9-7-19(8-10-20)24-22(29)15-32-23-25-21(26-27-23)12-18-5-3-4-6-18/h7-10,16-18H,3-6,11-15H2,1-2H3,(H,24,29)(H,25,26,27). The van der Waals surface area contributed by atoms with Gasteiger partial charge in [-0.25, -0.2) is 13.4 Å². The third-order valence-electron chi connectivity index (χ3n) is 6.41. The van der Waals surface area contributed by atoms with Crippen LogP contribution in [0.4, 0.5) is 5.69 Å². The molecule has 2 heterocycles. The molecule has 2 fully saturated rings. The molecule has 8 nitrogen and oxygen atoms in total. The minimum atomic E-state index is -3.53. The maximum atomic E-state index is 13.0. The number of nitrogens with one attached hydrogen (secondary N) is 2. The van der Waals surface area contributed by atoms with E-state index in [1.807, 2.05) is 0 Å². The molecule has 2 unspecified atom stereocenters. The van der Waals surface area contributed by atoms with Gasteiger partial charge in [-0.15, -0.1) is 5.10 Å². The summed E-state index contributed by atoms with van der Waals surface area (Å²) in [6.07, 6.45) is 7.06. The Hall–Kier alpha value is -1.91. The summed E-state index contributed by atoms with van der Waals surface area (Å²) >= 11 is 1.28. The lowest BCUT2D eigenvalue weighted by Crippen LogP contribution is -2.42. The van der Waals surface area contributed by atoms with E-state index < -0.39 is 10.0 Å². The summed E-state index contributed by atoms with van der Waals surface area (Å²) in [5, 5.41) is 10.6. The lowest BCUT2D eigenvalue weighted by atomic mass is 9.94. The summed E-state index contributed by atoms with van der Waals surface area (Å²) < 4.78 is 27.6. The number of aromatic amines is 1. The first-order chi connectivity index (χ1) is 15.8. The number of hydrogen-bond donors (Lipinski definition) is 2. The molecule has 2 aromatic rings. The number of carbonyl (C=O) groups excluding carboxylic acids is 1. The van der Waals surface area contributed by atoms with Gasteiger partial charge in [0.05, 0.1) is 10.6 Å². The average Bonchev–Trinajstić information content (AvgIpc) is 3.44. The number of thioether (sulfide) groups is 1. The zero-order valence-corrected chi connectivity index (χ0v) is 20.9. The van der Waals surface area contributed by atoms with Crippen molar-refractivity contribution in [2.75, 3.05) is 24.2 Å². The predicted molar refractivity (Wildman–Crippen MR) is 130 cm³/mol. The van der Waals surface area contributed by atoms with Crippen molar-refractivity contribution in [2.45, 2.75) is 62.4 Å². The van der Waals surface area contributed by atoms with Crippen molar-refractivity contribution in [1.82, 2.24) is 19.5 Å². The quantitative estimate of drug-likeness (QED) is 0.542. The van der Waals surface area contributed by atoms with Gasteiger partial charge in [0.2, 0.25) is 21.1 Å². The number of anilines is 1. The van der Waals surface area contributed by atoms with E-state index in [0.717, 1.165) is 18.7 Å². The van der Waals surface area contributed by atoms with E-state index in [9.17, 15) is 13.2 Å². The Kier molecular flexibility index (Phi) is 7.76. The highest BCUT2D eigenvalue weighted by atomic mass is 32.2. The minimum absolute atomic E-state index is 0.184. The number of aromatic nitrogens is 3. The lowest BCUT2D eigenvalue weighted by Gasteiger charge is -2.34. The Balaban J connectivity index is 1.28. The van der Waals surface area contributed by atoms with E-state index in [4.69, 9.17) is 0 Å². The molecule has 1 saturated carbocycles. The topological polar surface area (TPSA) is 108 Å². The third-order valence-corrected chi connectivity index (χ3v) is 9.10. The summed E-state index contributed by atoms with van der Waals surface area (Å²) in [6.45, 7) is 5.27. The summed E-state index contributed by atoms with van der Waals surface area (Å²) in [6, 6.07) is 6.40. The van der Waals surface area contributed by atoms with Gasteiger partial charge in [-0.3, -0.25) is 9.89 Å². The normalized spacial score (nSPS) is 22.5. The van der Waals surface area contributed by atoms with Crippen LogP contribution in [0.2, 0.25) is 0 Å². The molecule has 1 aromatic heterocycles. The van der Waals surface area contributed by atoms with Crippen molar-refractivity contribution in [3.63, 3.8) is 0 Å². The molecule has 1 aromatic carbocycles. The van der Waals surface area contributed by atoms with Crippen LogP contribution >= 0.6 is 11.8 Å². The van der Waals surface area contributed by atoms with Gasteiger partial charge >= 0.3 is 0 Å². The zero-order valence-electron chi connectivity index (χ0n) is 19.3. The highest BCUT2D eigenvalue weighted by molar-refractivity contribution is 7.99. The third kappa shape index (κ3) is 6.36. The summed E-state index contributed by atoms with van der Waals surface area (Å²) in [5.74, 6) is 2.28. The van der Waals surface area contributed by atoms with Crippen LogP contribution in [0.1, 0.15) is 51.8 Å². The van der Waals surface area contributed by atoms with Crippen LogP contribution in [0, 0.1) is 17.8 Å². The molecule has 2 aliphatic rings. The second-order valence-corrected chi connectivity index (χ2v) is 12.4. The smallest absolute Gasteiger partial charge is 0.243 e. The van der Waals surface area contributed by atoms with Crippen LogP contribution in [-0.2, 0) is 21.2 Å². The van der Waals surface area contributed by atoms with E-state index in [1.54, 1.807) is 28.6 Å². The Bertz CT molecular complexity index is 1040. The monoisotopic (exact) mass is 491 g/mol. The van der Waals surface area contributed by atoms with Gasteiger partial charge in [0, 0.05) is 25.2 Å². The van der Waals surface area contributed by atoms with Crippen molar-refractivity contribution >= 4 is 33.4 Å². The van der Waals surface area contributed by atoms with Crippen molar-refractivity contribution in [3.8, 4) is 0 Å². The molecular formula is C23H33N5O3S2. The second-order valence-electron chi connectivity index (χ2n) is 9.55. The second kappa shape index (κ2) is 10.6. The van der Waals surface area contributed by atoms with Gasteiger partial charge in [0.25, 0.3) is 0 Å². The van der Waals surface area contributed by atoms with Crippen LogP contribution in [0.15, 0.2) is 34.3 Å². The minimum Gasteiger partial charge on any atom is -0.325 e. The van der Waals surface area contributed by atoms with Crippen LogP contribution in [0.5, 0.6) is 0 Å². The van der Waals surface area contributed by atoms with Gasteiger partial charge in [-0.1, -0.05) is 51.3 Å². The van der Waals surface area contributed by atoms with Crippen molar-refractivity contribution in [2.24, 2.45) is 17.8 Å². The number of amides is 1. The Morgan fingerprint density at radius 2 is 1.82 bits per heavy atom. The highest BCUT2D eigenvalue weighted by Crippen LogP contribution is 2.28. The average molecular weight is 492 g/mol. The molecule has 10 heteroatoms.